The number of carbonyl (C=O) groups is 1. The van der Waals surface area contributed by atoms with Crippen LogP contribution < -0.4 is 0 Å². The first-order valence-corrected chi connectivity index (χ1v) is 12.1. The second-order valence-electron chi connectivity index (χ2n) is 9.59. The standard InChI is InChI=1S/C21H31NO6S2/c1-20(2,3)14-9-13(10-15(18(14)25)21(4,5)6)11-16-19(30(26,27)28)22(7-8-29-16)12-17(23)24/h9-11,19,25H,7-8,12H2,1-6H3,(H,23,24)(H,26,27,28). The predicted molar refractivity (Wildman–Crippen MR) is 120 cm³/mol. The summed E-state index contributed by atoms with van der Waals surface area (Å²) in [4.78, 5) is 12.8. The van der Waals surface area contributed by atoms with Gasteiger partial charge in [-0.3, -0.25) is 14.2 Å². The molecule has 1 heterocycles. The average Bonchev–Trinajstić information content (AvgIpc) is 2.52. The lowest BCUT2D eigenvalue weighted by Gasteiger charge is -2.34. The van der Waals surface area contributed by atoms with Gasteiger partial charge in [-0.15, -0.1) is 11.8 Å². The monoisotopic (exact) mass is 457 g/mol. The van der Waals surface area contributed by atoms with Gasteiger partial charge >= 0.3 is 5.97 Å². The number of thioether (sulfide) groups is 1. The molecule has 0 aliphatic carbocycles. The Kier molecular flexibility index (Phi) is 7.03. The Bertz CT molecular complexity index is 920. The number of hydrogen-bond donors (Lipinski definition) is 3. The highest BCUT2D eigenvalue weighted by atomic mass is 32.2. The molecule has 1 unspecified atom stereocenters. The molecule has 1 atom stereocenters. The van der Waals surface area contributed by atoms with E-state index >= 15 is 0 Å². The van der Waals surface area contributed by atoms with E-state index in [2.05, 4.69) is 0 Å². The maximum Gasteiger partial charge on any atom is 0.317 e. The molecule has 1 aromatic carbocycles. The highest BCUT2D eigenvalue weighted by Crippen LogP contribution is 2.41. The summed E-state index contributed by atoms with van der Waals surface area (Å²) in [7, 11) is -4.55. The summed E-state index contributed by atoms with van der Waals surface area (Å²) < 4.78 is 34.1. The number of aliphatic carboxylic acids is 1. The van der Waals surface area contributed by atoms with Crippen LogP contribution in [0.4, 0.5) is 0 Å². The van der Waals surface area contributed by atoms with Gasteiger partial charge in [0, 0.05) is 28.3 Å². The number of rotatable bonds is 4. The minimum absolute atomic E-state index is 0.215. The number of aromatic hydroxyl groups is 1. The second kappa shape index (κ2) is 8.53. The SMILES string of the molecule is CC(C)(C)c1cc(C=C2SCCN(CC(=O)O)C2S(=O)(=O)O)cc(C(C)(C)C)c1O. The molecule has 3 N–H and O–H groups in total. The van der Waals surface area contributed by atoms with Crippen LogP contribution in [0.3, 0.4) is 0 Å². The van der Waals surface area contributed by atoms with Crippen molar-refractivity contribution in [1.82, 2.24) is 4.90 Å². The number of nitrogens with zero attached hydrogens (tertiary/aromatic N) is 1. The van der Waals surface area contributed by atoms with E-state index in [1.54, 1.807) is 6.08 Å². The lowest BCUT2D eigenvalue weighted by molar-refractivity contribution is -0.138. The molecule has 1 saturated heterocycles. The predicted octanol–water partition coefficient (Wildman–Crippen LogP) is 3.68. The average molecular weight is 458 g/mol. The van der Waals surface area contributed by atoms with Crippen LogP contribution in [0.5, 0.6) is 5.75 Å². The number of phenols is 1. The maximum absolute atomic E-state index is 12.1. The molecular weight excluding hydrogens is 426 g/mol. The third-order valence-corrected chi connectivity index (χ3v) is 7.23. The van der Waals surface area contributed by atoms with E-state index in [9.17, 15) is 22.9 Å². The van der Waals surface area contributed by atoms with Crippen molar-refractivity contribution in [1.29, 1.82) is 0 Å². The smallest absolute Gasteiger partial charge is 0.317 e. The first kappa shape index (κ1) is 24.7. The Morgan fingerprint density at radius 1 is 1.17 bits per heavy atom. The number of phenolic OH excluding ortho intramolecular Hbond substituents is 1. The zero-order valence-corrected chi connectivity index (χ0v) is 19.9. The molecule has 30 heavy (non-hydrogen) atoms. The molecule has 9 heteroatoms. The summed E-state index contributed by atoms with van der Waals surface area (Å²) in [6, 6.07) is 3.63. The number of benzene rings is 1. The Hall–Kier alpha value is -1.55. The fraction of sp³-hybridized carbons (Fsp3) is 0.571. The minimum Gasteiger partial charge on any atom is -0.507 e. The van der Waals surface area contributed by atoms with E-state index in [1.165, 1.54) is 16.7 Å². The largest absolute Gasteiger partial charge is 0.507 e. The molecule has 0 bridgehead atoms. The summed E-state index contributed by atoms with van der Waals surface area (Å²) in [6.07, 6.45) is 1.67. The van der Waals surface area contributed by atoms with E-state index < -0.39 is 28.0 Å². The fourth-order valence-electron chi connectivity index (χ4n) is 3.48. The van der Waals surface area contributed by atoms with Crippen molar-refractivity contribution in [2.45, 2.75) is 57.7 Å². The van der Waals surface area contributed by atoms with Crippen molar-refractivity contribution >= 4 is 33.9 Å². The van der Waals surface area contributed by atoms with Gasteiger partial charge in [-0.2, -0.15) is 8.42 Å². The van der Waals surface area contributed by atoms with Crippen LogP contribution >= 0.6 is 11.8 Å². The normalized spacial score (nSPS) is 20.5. The summed E-state index contributed by atoms with van der Waals surface area (Å²) in [6.45, 7) is 11.6. The van der Waals surface area contributed by atoms with Gasteiger partial charge in [0.15, 0.2) is 5.37 Å². The summed E-state index contributed by atoms with van der Waals surface area (Å²) in [5.74, 6) is -0.446. The van der Waals surface area contributed by atoms with Crippen LogP contribution in [-0.4, -0.2) is 58.3 Å². The van der Waals surface area contributed by atoms with Crippen LogP contribution in [0.2, 0.25) is 0 Å². The van der Waals surface area contributed by atoms with Crippen molar-refractivity contribution in [3.05, 3.63) is 33.7 Å². The summed E-state index contributed by atoms with van der Waals surface area (Å²) in [5.41, 5.74) is 1.45. The first-order chi connectivity index (χ1) is 13.5. The van der Waals surface area contributed by atoms with E-state index in [-0.39, 0.29) is 23.1 Å². The van der Waals surface area contributed by atoms with Gasteiger partial charge in [-0.25, -0.2) is 0 Å². The Balaban J connectivity index is 2.68. The van der Waals surface area contributed by atoms with Gasteiger partial charge in [-0.1, -0.05) is 41.5 Å². The minimum atomic E-state index is -4.55. The molecule has 1 aromatic rings. The van der Waals surface area contributed by atoms with Crippen molar-refractivity contribution in [3.8, 4) is 5.75 Å². The van der Waals surface area contributed by atoms with Gasteiger partial charge < -0.3 is 10.2 Å². The molecule has 0 saturated carbocycles. The first-order valence-electron chi connectivity index (χ1n) is 9.66. The topological polar surface area (TPSA) is 115 Å². The molecule has 1 aliphatic rings. The van der Waals surface area contributed by atoms with Crippen LogP contribution in [0.25, 0.3) is 6.08 Å². The summed E-state index contributed by atoms with van der Waals surface area (Å²) >= 11 is 1.28. The maximum atomic E-state index is 12.1. The van der Waals surface area contributed by atoms with E-state index in [1.807, 2.05) is 53.7 Å². The number of hydrogen-bond acceptors (Lipinski definition) is 6. The molecule has 0 amide bonds. The van der Waals surface area contributed by atoms with E-state index in [4.69, 9.17) is 5.11 Å². The van der Waals surface area contributed by atoms with Crippen LogP contribution in [0, 0.1) is 0 Å². The van der Waals surface area contributed by atoms with Crippen molar-refractivity contribution < 1.29 is 28.0 Å². The van der Waals surface area contributed by atoms with Gasteiger partial charge in [0.2, 0.25) is 0 Å². The number of carboxylic acids is 1. The number of carboxylic acid groups (broad SMARTS) is 1. The zero-order chi connectivity index (χ0) is 23.1. The second-order valence-corrected chi connectivity index (χ2v) is 12.2. The lowest BCUT2D eigenvalue weighted by Crippen LogP contribution is -2.47. The highest BCUT2D eigenvalue weighted by Gasteiger charge is 2.38. The fourth-order valence-corrected chi connectivity index (χ4v) is 6.04. The third kappa shape index (κ3) is 5.78. The van der Waals surface area contributed by atoms with Crippen LogP contribution in [0.1, 0.15) is 58.2 Å². The van der Waals surface area contributed by atoms with Gasteiger partial charge in [0.25, 0.3) is 10.1 Å². The van der Waals surface area contributed by atoms with Gasteiger partial charge in [0.1, 0.15) is 5.75 Å². The molecule has 0 radical (unpaired) electrons. The zero-order valence-electron chi connectivity index (χ0n) is 18.3. The van der Waals surface area contributed by atoms with Crippen molar-refractivity contribution in [2.75, 3.05) is 18.8 Å². The third-order valence-electron chi connectivity index (χ3n) is 4.90. The van der Waals surface area contributed by atoms with Crippen LogP contribution in [0.15, 0.2) is 17.0 Å². The molecular formula is C21H31NO6S2. The van der Waals surface area contributed by atoms with E-state index in [0.717, 1.165) is 11.1 Å². The molecule has 1 aliphatic heterocycles. The Morgan fingerprint density at radius 2 is 1.67 bits per heavy atom. The van der Waals surface area contributed by atoms with Crippen molar-refractivity contribution in [3.63, 3.8) is 0 Å². The lowest BCUT2D eigenvalue weighted by atomic mass is 9.78. The molecule has 1 fully saturated rings. The molecule has 2 rings (SSSR count). The Labute approximate surface area is 182 Å². The van der Waals surface area contributed by atoms with E-state index in [0.29, 0.717) is 16.2 Å². The molecule has 0 spiro atoms. The summed E-state index contributed by atoms with van der Waals surface area (Å²) in [5, 5.41) is 18.6. The highest BCUT2D eigenvalue weighted by molar-refractivity contribution is 8.04. The molecule has 0 aromatic heterocycles. The molecule has 7 nitrogen and oxygen atoms in total. The molecule has 168 valence electrons. The quantitative estimate of drug-likeness (QED) is 0.587. The van der Waals surface area contributed by atoms with Gasteiger partial charge in [0.05, 0.1) is 6.54 Å². The Morgan fingerprint density at radius 3 is 2.07 bits per heavy atom. The van der Waals surface area contributed by atoms with Crippen molar-refractivity contribution in [2.24, 2.45) is 0 Å². The van der Waals surface area contributed by atoms with Gasteiger partial charge in [-0.05, 0) is 34.6 Å². The van der Waals surface area contributed by atoms with Crippen LogP contribution in [-0.2, 0) is 25.7 Å².